The summed E-state index contributed by atoms with van der Waals surface area (Å²) in [6.45, 7) is 3.04. The van der Waals surface area contributed by atoms with Gasteiger partial charge >= 0.3 is 0 Å². The fourth-order valence-electron chi connectivity index (χ4n) is 2.60. The molecule has 1 aromatic carbocycles. The van der Waals surface area contributed by atoms with E-state index in [9.17, 15) is 9.50 Å². The van der Waals surface area contributed by atoms with E-state index in [0.717, 1.165) is 25.8 Å². The highest BCUT2D eigenvalue weighted by Crippen LogP contribution is 2.29. The second-order valence-corrected chi connectivity index (χ2v) is 5.41. The summed E-state index contributed by atoms with van der Waals surface area (Å²) in [5, 5.41) is 13.9. The SMILES string of the molecule is CCC1CCNC(C(O)c2ccc(Cl)cc2F)C1. The number of rotatable bonds is 3. The van der Waals surface area contributed by atoms with Gasteiger partial charge in [0.1, 0.15) is 5.82 Å². The Morgan fingerprint density at radius 1 is 1.56 bits per heavy atom. The van der Waals surface area contributed by atoms with E-state index in [1.165, 1.54) is 6.07 Å². The summed E-state index contributed by atoms with van der Waals surface area (Å²) in [4.78, 5) is 0. The lowest BCUT2D eigenvalue weighted by atomic mass is 9.86. The quantitative estimate of drug-likeness (QED) is 0.884. The summed E-state index contributed by atoms with van der Waals surface area (Å²) in [6.07, 6.45) is 2.31. The Bertz CT molecular complexity index is 413. The van der Waals surface area contributed by atoms with E-state index in [4.69, 9.17) is 11.6 Å². The number of aliphatic hydroxyl groups excluding tert-OH is 1. The Morgan fingerprint density at radius 3 is 3.00 bits per heavy atom. The van der Waals surface area contributed by atoms with Crippen molar-refractivity contribution in [2.45, 2.75) is 38.3 Å². The van der Waals surface area contributed by atoms with Gasteiger partial charge in [0.05, 0.1) is 6.10 Å². The van der Waals surface area contributed by atoms with E-state index in [1.54, 1.807) is 12.1 Å². The van der Waals surface area contributed by atoms with E-state index in [1.807, 2.05) is 0 Å². The van der Waals surface area contributed by atoms with Crippen LogP contribution in [0.2, 0.25) is 5.02 Å². The van der Waals surface area contributed by atoms with E-state index in [2.05, 4.69) is 12.2 Å². The Morgan fingerprint density at radius 2 is 2.33 bits per heavy atom. The Balaban J connectivity index is 2.12. The van der Waals surface area contributed by atoms with E-state index >= 15 is 0 Å². The van der Waals surface area contributed by atoms with Gasteiger partial charge in [0, 0.05) is 16.6 Å². The first-order valence-corrected chi connectivity index (χ1v) is 6.86. The fraction of sp³-hybridized carbons (Fsp3) is 0.571. The Hall–Kier alpha value is -0.640. The van der Waals surface area contributed by atoms with Crippen LogP contribution in [0.4, 0.5) is 4.39 Å². The summed E-state index contributed by atoms with van der Waals surface area (Å²) in [5.41, 5.74) is 0.327. The number of piperidine rings is 1. The summed E-state index contributed by atoms with van der Waals surface area (Å²) in [5.74, 6) is 0.177. The molecule has 0 aromatic heterocycles. The van der Waals surface area contributed by atoms with Gasteiger partial charge < -0.3 is 10.4 Å². The van der Waals surface area contributed by atoms with Crippen LogP contribution in [0.25, 0.3) is 0 Å². The Kier molecular flexibility index (Phi) is 4.60. The van der Waals surface area contributed by atoms with Crippen LogP contribution in [0.15, 0.2) is 18.2 Å². The molecule has 1 saturated heterocycles. The second-order valence-electron chi connectivity index (χ2n) is 4.97. The van der Waals surface area contributed by atoms with Crippen LogP contribution in [0.5, 0.6) is 0 Å². The number of aliphatic hydroxyl groups is 1. The van der Waals surface area contributed by atoms with Gasteiger partial charge in [-0.15, -0.1) is 0 Å². The molecule has 1 aliphatic heterocycles. The van der Waals surface area contributed by atoms with Gasteiger partial charge in [-0.25, -0.2) is 4.39 Å². The van der Waals surface area contributed by atoms with Crippen molar-refractivity contribution in [1.29, 1.82) is 0 Å². The predicted molar refractivity (Wildman–Crippen MR) is 71.2 cm³/mol. The lowest BCUT2D eigenvalue weighted by molar-refractivity contribution is 0.0948. The molecular weight excluding hydrogens is 253 g/mol. The third-order valence-electron chi connectivity index (χ3n) is 3.79. The van der Waals surface area contributed by atoms with Crippen LogP contribution in [0.3, 0.4) is 0 Å². The lowest BCUT2D eigenvalue weighted by Gasteiger charge is -2.33. The maximum atomic E-state index is 13.8. The zero-order valence-corrected chi connectivity index (χ0v) is 11.3. The molecule has 3 unspecified atom stereocenters. The third kappa shape index (κ3) is 3.02. The van der Waals surface area contributed by atoms with Crippen LogP contribution in [0.1, 0.15) is 37.9 Å². The van der Waals surface area contributed by atoms with E-state index in [0.29, 0.717) is 16.5 Å². The third-order valence-corrected chi connectivity index (χ3v) is 4.02. The van der Waals surface area contributed by atoms with Gasteiger partial charge in [-0.05, 0) is 37.4 Å². The summed E-state index contributed by atoms with van der Waals surface area (Å²) in [7, 11) is 0. The molecule has 0 aliphatic carbocycles. The number of hydrogen-bond acceptors (Lipinski definition) is 2. The molecule has 3 atom stereocenters. The molecule has 0 spiro atoms. The standard InChI is InChI=1S/C14H19ClFNO/c1-2-9-5-6-17-13(7-9)14(18)11-4-3-10(15)8-12(11)16/h3-4,8-9,13-14,17-18H,2,5-7H2,1H3. The first kappa shape index (κ1) is 13.8. The molecule has 2 nitrogen and oxygen atoms in total. The minimum Gasteiger partial charge on any atom is -0.387 e. The number of halogens is 2. The number of benzene rings is 1. The van der Waals surface area contributed by atoms with Gasteiger partial charge in [0.15, 0.2) is 0 Å². The number of nitrogens with one attached hydrogen (secondary N) is 1. The summed E-state index contributed by atoms with van der Waals surface area (Å²) >= 11 is 5.72. The minimum absolute atomic E-state index is 0.0700. The van der Waals surface area contributed by atoms with Crippen LogP contribution in [0, 0.1) is 11.7 Å². The predicted octanol–water partition coefficient (Wildman–Crippen LogP) is 3.29. The first-order valence-electron chi connectivity index (χ1n) is 6.48. The van der Waals surface area contributed by atoms with Gasteiger partial charge in [-0.3, -0.25) is 0 Å². The average molecular weight is 272 g/mol. The molecule has 1 fully saturated rings. The molecule has 100 valence electrons. The van der Waals surface area contributed by atoms with E-state index < -0.39 is 11.9 Å². The van der Waals surface area contributed by atoms with Crippen molar-refractivity contribution in [3.63, 3.8) is 0 Å². The molecule has 0 bridgehead atoms. The normalized spacial score (nSPS) is 26.0. The van der Waals surface area contributed by atoms with Crippen molar-refractivity contribution in [3.05, 3.63) is 34.6 Å². The minimum atomic E-state index is -0.809. The van der Waals surface area contributed by atoms with Crippen LogP contribution < -0.4 is 5.32 Å². The van der Waals surface area contributed by atoms with Gasteiger partial charge in [-0.2, -0.15) is 0 Å². The van der Waals surface area contributed by atoms with Crippen molar-refractivity contribution in [3.8, 4) is 0 Å². The highest BCUT2D eigenvalue weighted by Gasteiger charge is 2.28. The smallest absolute Gasteiger partial charge is 0.130 e. The molecule has 0 amide bonds. The first-order chi connectivity index (χ1) is 8.61. The van der Waals surface area contributed by atoms with Crippen LogP contribution in [-0.4, -0.2) is 17.7 Å². The average Bonchev–Trinajstić information content (AvgIpc) is 2.38. The Labute approximate surface area is 112 Å². The van der Waals surface area contributed by atoms with Crippen LogP contribution in [-0.2, 0) is 0 Å². The van der Waals surface area contributed by atoms with Gasteiger partial charge in [-0.1, -0.05) is 31.0 Å². The molecule has 1 heterocycles. The van der Waals surface area contributed by atoms with Crippen molar-refractivity contribution in [2.75, 3.05) is 6.54 Å². The summed E-state index contributed by atoms with van der Waals surface area (Å²) in [6, 6.07) is 4.36. The maximum Gasteiger partial charge on any atom is 0.130 e. The summed E-state index contributed by atoms with van der Waals surface area (Å²) < 4.78 is 13.8. The molecular formula is C14H19ClFNO. The highest BCUT2D eigenvalue weighted by molar-refractivity contribution is 6.30. The lowest BCUT2D eigenvalue weighted by Crippen LogP contribution is -2.42. The van der Waals surface area contributed by atoms with Gasteiger partial charge in [0.25, 0.3) is 0 Å². The van der Waals surface area contributed by atoms with Crippen molar-refractivity contribution >= 4 is 11.6 Å². The molecule has 18 heavy (non-hydrogen) atoms. The maximum absolute atomic E-state index is 13.8. The molecule has 2 rings (SSSR count). The molecule has 1 aliphatic rings. The molecule has 0 saturated carbocycles. The monoisotopic (exact) mass is 271 g/mol. The molecule has 1 aromatic rings. The topological polar surface area (TPSA) is 32.3 Å². The van der Waals surface area contributed by atoms with Crippen molar-refractivity contribution in [2.24, 2.45) is 5.92 Å². The fourth-order valence-corrected chi connectivity index (χ4v) is 2.76. The number of hydrogen-bond donors (Lipinski definition) is 2. The highest BCUT2D eigenvalue weighted by atomic mass is 35.5. The van der Waals surface area contributed by atoms with Crippen molar-refractivity contribution in [1.82, 2.24) is 5.32 Å². The van der Waals surface area contributed by atoms with Crippen LogP contribution >= 0.6 is 11.6 Å². The zero-order chi connectivity index (χ0) is 13.1. The molecule has 4 heteroatoms. The molecule has 2 N–H and O–H groups in total. The molecule has 0 radical (unpaired) electrons. The van der Waals surface area contributed by atoms with Gasteiger partial charge in [0.2, 0.25) is 0 Å². The van der Waals surface area contributed by atoms with Crippen molar-refractivity contribution < 1.29 is 9.50 Å². The largest absolute Gasteiger partial charge is 0.387 e. The second kappa shape index (κ2) is 6.00. The van der Waals surface area contributed by atoms with E-state index in [-0.39, 0.29) is 6.04 Å². The zero-order valence-electron chi connectivity index (χ0n) is 10.5.